The Morgan fingerprint density at radius 1 is 1.04 bits per heavy atom. The van der Waals surface area contributed by atoms with Gasteiger partial charge in [0.15, 0.2) is 5.58 Å². The Hall–Kier alpha value is -3.29. The maximum atomic E-state index is 12.5. The lowest BCUT2D eigenvalue weighted by molar-refractivity contribution is -0.384. The second kappa shape index (κ2) is 6.70. The summed E-state index contributed by atoms with van der Waals surface area (Å²) in [5, 5.41) is 21.2. The zero-order chi connectivity index (χ0) is 20.0. The quantitative estimate of drug-likeness (QED) is 0.366. The highest BCUT2D eigenvalue weighted by molar-refractivity contribution is 6.38. The van der Waals surface area contributed by atoms with E-state index in [-0.39, 0.29) is 32.8 Å². The number of hydrogen-bond donors (Lipinski definition) is 1. The van der Waals surface area contributed by atoms with Crippen LogP contribution < -0.4 is 5.76 Å². The molecule has 0 fully saturated rings. The Labute approximate surface area is 167 Å². The van der Waals surface area contributed by atoms with Crippen molar-refractivity contribution in [1.29, 1.82) is 0 Å². The predicted molar refractivity (Wildman–Crippen MR) is 106 cm³/mol. The molecule has 1 heterocycles. The van der Waals surface area contributed by atoms with Crippen molar-refractivity contribution in [1.82, 2.24) is 4.57 Å². The number of oxazole rings is 1. The van der Waals surface area contributed by atoms with Crippen LogP contribution in [-0.4, -0.2) is 14.6 Å². The Balaban J connectivity index is 2.02. The van der Waals surface area contributed by atoms with E-state index in [0.29, 0.717) is 11.1 Å². The molecule has 0 unspecified atom stereocenters. The van der Waals surface area contributed by atoms with Gasteiger partial charge in [0.25, 0.3) is 5.69 Å². The monoisotopic (exact) mass is 416 g/mol. The summed E-state index contributed by atoms with van der Waals surface area (Å²) in [5.41, 5.74) is 1.37. The molecule has 28 heavy (non-hydrogen) atoms. The zero-order valence-corrected chi connectivity index (χ0v) is 15.4. The first kappa shape index (κ1) is 18.1. The van der Waals surface area contributed by atoms with E-state index in [9.17, 15) is 20.0 Å². The minimum atomic E-state index is -0.794. The van der Waals surface area contributed by atoms with Crippen LogP contribution in [0, 0.1) is 10.1 Å². The van der Waals surface area contributed by atoms with E-state index < -0.39 is 10.7 Å². The maximum Gasteiger partial charge on any atom is 0.424 e. The molecular weight excluding hydrogens is 407 g/mol. The molecule has 7 nitrogen and oxygen atoms in total. The molecule has 9 heteroatoms. The first-order chi connectivity index (χ1) is 13.4. The van der Waals surface area contributed by atoms with Crippen molar-refractivity contribution in [3.8, 4) is 22.6 Å². The van der Waals surface area contributed by atoms with E-state index >= 15 is 0 Å². The molecule has 3 aromatic carbocycles. The number of halogens is 2. The highest BCUT2D eigenvalue weighted by Gasteiger charge is 2.22. The highest BCUT2D eigenvalue weighted by Crippen LogP contribution is 2.37. The lowest BCUT2D eigenvalue weighted by Gasteiger charge is -2.09. The standard InChI is InChI=1S/C19H10Cl2N2O5/c20-13-6-11(23(26)27)7-14(21)18(13)22-15-8-12(10-4-2-1-3-5-10)16(24)9-17(15)28-19(22)25/h1-9,24H. The average Bonchev–Trinajstić information content (AvgIpc) is 2.96. The van der Waals surface area contributed by atoms with E-state index in [2.05, 4.69) is 0 Å². The first-order valence-corrected chi connectivity index (χ1v) is 8.70. The molecule has 4 rings (SSSR count). The van der Waals surface area contributed by atoms with Crippen molar-refractivity contribution < 1.29 is 14.4 Å². The van der Waals surface area contributed by atoms with Crippen molar-refractivity contribution in [3.63, 3.8) is 0 Å². The van der Waals surface area contributed by atoms with Gasteiger partial charge in [-0.3, -0.25) is 10.1 Å². The third kappa shape index (κ3) is 2.90. The number of aromatic hydroxyl groups is 1. The van der Waals surface area contributed by atoms with Gasteiger partial charge in [-0.25, -0.2) is 9.36 Å². The summed E-state index contributed by atoms with van der Waals surface area (Å²) in [6.45, 7) is 0. The molecular formula is C19H10Cl2N2O5. The molecule has 0 aliphatic carbocycles. The largest absolute Gasteiger partial charge is 0.507 e. The number of nitrogens with zero attached hydrogens (tertiary/aromatic N) is 2. The fourth-order valence-corrected chi connectivity index (χ4v) is 3.63. The summed E-state index contributed by atoms with van der Waals surface area (Å²) in [7, 11) is 0. The number of phenolic OH excluding ortho intramolecular Hbond substituents is 1. The van der Waals surface area contributed by atoms with Crippen molar-refractivity contribution in [2.75, 3.05) is 0 Å². The van der Waals surface area contributed by atoms with Gasteiger partial charge in [-0.15, -0.1) is 0 Å². The number of rotatable bonds is 3. The molecule has 0 amide bonds. The third-order valence-corrected chi connectivity index (χ3v) is 4.80. The number of aromatic nitrogens is 1. The van der Waals surface area contributed by atoms with Crippen LogP contribution in [0.25, 0.3) is 27.9 Å². The molecule has 0 aliphatic rings. The van der Waals surface area contributed by atoms with E-state index in [1.54, 1.807) is 18.2 Å². The van der Waals surface area contributed by atoms with Crippen molar-refractivity contribution in [2.24, 2.45) is 0 Å². The van der Waals surface area contributed by atoms with Gasteiger partial charge in [0.1, 0.15) is 5.75 Å². The third-order valence-electron chi connectivity index (χ3n) is 4.22. The molecule has 1 N–H and O–H groups in total. The maximum absolute atomic E-state index is 12.5. The highest BCUT2D eigenvalue weighted by atomic mass is 35.5. The molecule has 0 aliphatic heterocycles. The molecule has 0 saturated carbocycles. The van der Waals surface area contributed by atoms with E-state index in [1.165, 1.54) is 6.07 Å². The van der Waals surface area contributed by atoms with Crippen molar-refractivity contribution in [3.05, 3.63) is 85.3 Å². The second-order valence-electron chi connectivity index (χ2n) is 5.92. The van der Waals surface area contributed by atoms with Crippen LogP contribution in [0.5, 0.6) is 5.75 Å². The summed E-state index contributed by atoms with van der Waals surface area (Å²) >= 11 is 12.4. The Morgan fingerprint density at radius 3 is 2.29 bits per heavy atom. The molecule has 4 aromatic rings. The SMILES string of the molecule is O=c1oc2cc(O)c(-c3ccccc3)cc2n1-c1c(Cl)cc([N+](=O)[O-])cc1Cl. The lowest BCUT2D eigenvalue weighted by Crippen LogP contribution is -2.13. The predicted octanol–water partition coefficient (Wildman–Crippen LogP) is 5.17. The molecule has 140 valence electrons. The van der Waals surface area contributed by atoms with Crippen LogP contribution in [0.4, 0.5) is 5.69 Å². The van der Waals surface area contributed by atoms with Crippen LogP contribution >= 0.6 is 23.2 Å². The minimum absolute atomic E-state index is 0.0578. The number of nitro groups is 1. The fraction of sp³-hybridized carbons (Fsp3) is 0. The van der Waals surface area contributed by atoms with E-state index in [4.69, 9.17) is 27.6 Å². The van der Waals surface area contributed by atoms with Gasteiger partial charge in [-0.2, -0.15) is 0 Å². The smallest absolute Gasteiger partial charge is 0.424 e. The molecule has 0 radical (unpaired) electrons. The Bertz CT molecular complexity index is 1270. The van der Waals surface area contributed by atoms with Gasteiger partial charge in [0.05, 0.1) is 26.2 Å². The van der Waals surface area contributed by atoms with Crippen LogP contribution in [0.2, 0.25) is 10.0 Å². The minimum Gasteiger partial charge on any atom is -0.507 e. The van der Waals surface area contributed by atoms with Crippen LogP contribution in [0.1, 0.15) is 0 Å². The van der Waals surface area contributed by atoms with Gasteiger partial charge in [0.2, 0.25) is 0 Å². The molecule has 0 atom stereocenters. The zero-order valence-electron chi connectivity index (χ0n) is 13.9. The van der Waals surface area contributed by atoms with E-state index in [0.717, 1.165) is 22.3 Å². The fourth-order valence-electron chi connectivity index (χ4n) is 2.98. The van der Waals surface area contributed by atoms with Crippen molar-refractivity contribution >= 4 is 40.0 Å². The molecule has 0 bridgehead atoms. The molecule has 1 aromatic heterocycles. The van der Waals surface area contributed by atoms with Crippen LogP contribution in [0.3, 0.4) is 0 Å². The summed E-state index contributed by atoms with van der Waals surface area (Å²) in [6, 6.07) is 14.2. The summed E-state index contributed by atoms with van der Waals surface area (Å²) < 4.78 is 6.33. The first-order valence-electron chi connectivity index (χ1n) is 7.94. The summed E-state index contributed by atoms with van der Waals surface area (Å²) in [6.07, 6.45) is 0. The lowest BCUT2D eigenvalue weighted by atomic mass is 10.0. The normalized spacial score (nSPS) is 11.1. The number of fused-ring (bicyclic) bond motifs is 1. The number of nitro benzene ring substituents is 1. The second-order valence-corrected chi connectivity index (χ2v) is 6.74. The molecule has 0 saturated heterocycles. The van der Waals surface area contributed by atoms with Gasteiger partial charge in [0, 0.05) is 23.8 Å². The Kier molecular flexibility index (Phi) is 4.33. The van der Waals surface area contributed by atoms with Gasteiger partial charge >= 0.3 is 5.76 Å². The van der Waals surface area contributed by atoms with Crippen LogP contribution in [0.15, 0.2) is 63.8 Å². The number of non-ortho nitro benzene ring substituents is 1. The van der Waals surface area contributed by atoms with Gasteiger partial charge < -0.3 is 9.52 Å². The molecule has 0 spiro atoms. The average molecular weight is 417 g/mol. The number of hydrogen-bond acceptors (Lipinski definition) is 5. The summed E-state index contributed by atoms with van der Waals surface area (Å²) in [4.78, 5) is 22.8. The van der Waals surface area contributed by atoms with E-state index in [1.807, 2.05) is 18.2 Å². The van der Waals surface area contributed by atoms with Gasteiger partial charge in [-0.1, -0.05) is 53.5 Å². The number of benzene rings is 3. The topological polar surface area (TPSA) is 98.5 Å². The van der Waals surface area contributed by atoms with Crippen molar-refractivity contribution in [2.45, 2.75) is 0 Å². The number of phenols is 1. The Morgan fingerprint density at radius 2 is 1.68 bits per heavy atom. The summed E-state index contributed by atoms with van der Waals surface area (Å²) in [5.74, 6) is -0.863. The van der Waals surface area contributed by atoms with Crippen LogP contribution in [-0.2, 0) is 0 Å². The van der Waals surface area contributed by atoms with Gasteiger partial charge in [-0.05, 0) is 11.6 Å².